The van der Waals surface area contributed by atoms with Gasteiger partial charge in [0.25, 0.3) is 0 Å². The average molecular weight is 396 g/mol. The maximum absolute atomic E-state index is 12.4. The van der Waals surface area contributed by atoms with Crippen molar-refractivity contribution >= 4 is 17.5 Å². The second-order valence-corrected chi connectivity index (χ2v) is 7.67. The van der Waals surface area contributed by atoms with Crippen LogP contribution in [0, 0.1) is 0 Å². The van der Waals surface area contributed by atoms with E-state index in [9.17, 15) is 4.79 Å². The van der Waals surface area contributed by atoms with Crippen LogP contribution in [0.5, 0.6) is 0 Å². The fourth-order valence-corrected chi connectivity index (χ4v) is 3.91. The molecular weight excluding hydrogens is 368 g/mol. The largest absolute Gasteiger partial charge is 0.369 e. The summed E-state index contributed by atoms with van der Waals surface area (Å²) in [6.45, 7) is 2.45. The van der Waals surface area contributed by atoms with E-state index in [0.717, 1.165) is 30.8 Å². The van der Waals surface area contributed by atoms with Gasteiger partial charge in [-0.3, -0.25) is 14.7 Å². The molecule has 8 heteroatoms. The molecule has 0 bridgehead atoms. The zero-order valence-corrected chi connectivity index (χ0v) is 16.6. The van der Waals surface area contributed by atoms with Crippen LogP contribution >= 0.6 is 0 Å². The molecule has 0 aromatic carbocycles. The summed E-state index contributed by atoms with van der Waals surface area (Å²) in [5.74, 6) is 0.652. The third kappa shape index (κ3) is 5.71. The van der Waals surface area contributed by atoms with Gasteiger partial charge in [-0.25, -0.2) is 9.97 Å². The van der Waals surface area contributed by atoms with Crippen LogP contribution in [0.4, 0.5) is 11.6 Å². The lowest BCUT2D eigenvalue weighted by Gasteiger charge is -2.32. The van der Waals surface area contributed by atoms with Crippen molar-refractivity contribution in [3.63, 3.8) is 0 Å². The summed E-state index contributed by atoms with van der Waals surface area (Å²) in [7, 11) is 0. The van der Waals surface area contributed by atoms with Gasteiger partial charge in [0.2, 0.25) is 11.9 Å². The van der Waals surface area contributed by atoms with E-state index in [-0.39, 0.29) is 12.0 Å². The molecule has 1 aliphatic heterocycles. The van der Waals surface area contributed by atoms with E-state index in [1.807, 2.05) is 12.1 Å². The first-order valence-electron chi connectivity index (χ1n) is 10.4. The Bertz CT molecular complexity index is 780. The van der Waals surface area contributed by atoms with E-state index < -0.39 is 0 Å². The first-order chi connectivity index (χ1) is 14.3. The van der Waals surface area contributed by atoms with Crippen LogP contribution in [-0.2, 0) is 9.53 Å². The molecule has 1 amide bonds. The number of nitrogens with zero attached hydrogens (tertiary/aromatic N) is 4. The SMILES string of the molecule is O=C(CN1CCO[C@H](c2ccc(Nc3ncccn3)cn2)C1)NC1CCCCC1. The first kappa shape index (κ1) is 19.7. The molecule has 8 nitrogen and oxygen atoms in total. The minimum Gasteiger partial charge on any atom is -0.369 e. The number of carbonyl (C=O) groups excluding carboxylic acids is 1. The molecule has 1 aliphatic carbocycles. The zero-order chi connectivity index (χ0) is 19.9. The minimum atomic E-state index is -0.131. The summed E-state index contributed by atoms with van der Waals surface area (Å²) < 4.78 is 5.90. The number of anilines is 2. The average Bonchev–Trinajstić information content (AvgIpc) is 2.76. The van der Waals surface area contributed by atoms with Gasteiger partial charge in [0, 0.05) is 31.5 Å². The molecule has 1 saturated carbocycles. The molecular formula is C21H28N6O2. The molecule has 0 unspecified atom stereocenters. The van der Waals surface area contributed by atoms with E-state index in [4.69, 9.17) is 4.74 Å². The zero-order valence-electron chi connectivity index (χ0n) is 16.6. The molecule has 2 aliphatic rings. The van der Waals surface area contributed by atoms with Crippen LogP contribution in [0.1, 0.15) is 43.9 Å². The third-order valence-corrected chi connectivity index (χ3v) is 5.43. The molecule has 1 atom stereocenters. The van der Waals surface area contributed by atoms with Crippen molar-refractivity contribution in [2.45, 2.75) is 44.2 Å². The molecule has 1 saturated heterocycles. The van der Waals surface area contributed by atoms with Crippen molar-refractivity contribution in [2.24, 2.45) is 0 Å². The summed E-state index contributed by atoms with van der Waals surface area (Å²) in [6, 6.07) is 6.01. The Kier molecular flexibility index (Phi) is 6.63. The Balaban J connectivity index is 1.29. The standard InChI is InChI=1S/C21H28N6O2/c28-20(25-16-5-2-1-3-6-16)15-27-11-12-29-19(14-27)18-8-7-17(13-24-18)26-21-22-9-4-10-23-21/h4,7-10,13,16,19H,1-3,5-6,11-12,14-15H2,(H,25,28)(H,22,23,26)/t19-/m0/s1. The highest BCUT2D eigenvalue weighted by molar-refractivity contribution is 5.78. The summed E-state index contributed by atoms with van der Waals surface area (Å²) in [5, 5.41) is 6.31. The van der Waals surface area contributed by atoms with Gasteiger partial charge in [0.1, 0.15) is 6.10 Å². The molecule has 0 spiro atoms. The fourth-order valence-electron chi connectivity index (χ4n) is 3.91. The maximum Gasteiger partial charge on any atom is 0.234 e. The number of amides is 1. The van der Waals surface area contributed by atoms with Gasteiger partial charge in [-0.2, -0.15) is 0 Å². The van der Waals surface area contributed by atoms with E-state index in [1.54, 1.807) is 24.7 Å². The number of nitrogens with one attached hydrogen (secondary N) is 2. The lowest BCUT2D eigenvalue weighted by molar-refractivity contribution is -0.125. The van der Waals surface area contributed by atoms with Crippen molar-refractivity contribution in [3.8, 4) is 0 Å². The number of hydrogen-bond acceptors (Lipinski definition) is 7. The maximum atomic E-state index is 12.4. The molecule has 2 aromatic heterocycles. The molecule has 154 valence electrons. The quantitative estimate of drug-likeness (QED) is 0.775. The van der Waals surface area contributed by atoms with Crippen LogP contribution in [0.25, 0.3) is 0 Å². The molecule has 4 rings (SSSR count). The van der Waals surface area contributed by atoms with Gasteiger partial charge in [-0.15, -0.1) is 0 Å². The molecule has 3 heterocycles. The Morgan fingerprint density at radius 2 is 1.97 bits per heavy atom. The van der Waals surface area contributed by atoms with Crippen molar-refractivity contribution < 1.29 is 9.53 Å². The van der Waals surface area contributed by atoms with Crippen LogP contribution in [0.15, 0.2) is 36.8 Å². The molecule has 0 radical (unpaired) electrons. The predicted molar refractivity (Wildman–Crippen MR) is 110 cm³/mol. The predicted octanol–water partition coefficient (Wildman–Crippen LogP) is 2.44. The number of rotatable bonds is 6. The second-order valence-electron chi connectivity index (χ2n) is 7.67. The molecule has 29 heavy (non-hydrogen) atoms. The number of morpholine rings is 1. The van der Waals surface area contributed by atoms with Gasteiger partial charge in [0.15, 0.2) is 0 Å². The third-order valence-electron chi connectivity index (χ3n) is 5.43. The van der Waals surface area contributed by atoms with E-state index in [0.29, 0.717) is 31.7 Å². The highest BCUT2D eigenvalue weighted by atomic mass is 16.5. The lowest BCUT2D eigenvalue weighted by Crippen LogP contribution is -2.46. The van der Waals surface area contributed by atoms with Crippen LogP contribution in [-0.4, -0.2) is 58.0 Å². The molecule has 2 N–H and O–H groups in total. The number of hydrogen-bond donors (Lipinski definition) is 2. The normalized spacial score (nSPS) is 20.9. The van der Waals surface area contributed by atoms with Crippen LogP contribution in [0.3, 0.4) is 0 Å². The van der Waals surface area contributed by atoms with Crippen molar-refractivity contribution in [2.75, 3.05) is 31.6 Å². The van der Waals surface area contributed by atoms with Crippen molar-refractivity contribution in [1.82, 2.24) is 25.2 Å². The number of pyridine rings is 1. The van der Waals surface area contributed by atoms with Crippen LogP contribution in [0.2, 0.25) is 0 Å². The minimum absolute atomic E-state index is 0.118. The smallest absolute Gasteiger partial charge is 0.234 e. The van der Waals surface area contributed by atoms with Crippen molar-refractivity contribution in [1.29, 1.82) is 0 Å². The fraction of sp³-hybridized carbons (Fsp3) is 0.524. The molecule has 2 aromatic rings. The summed E-state index contributed by atoms with van der Waals surface area (Å²) in [6.07, 6.45) is 10.9. The Morgan fingerprint density at radius 3 is 2.72 bits per heavy atom. The van der Waals surface area contributed by atoms with E-state index in [1.165, 1.54) is 19.3 Å². The Hall–Kier alpha value is -2.58. The van der Waals surface area contributed by atoms with E-state index in [2.05, 4.69) is 30.5 Å². The number of aromatic nitrogens is 3. The monoisotopic (exact) mass is 396 g/mol. The van der Waals surface area contributed by atoms with Gasteiger partial charge in [0.05, 0.1) is 30.7 Å². The van der Waals surface area contributed by atoms with Gasteiger partial charge >= 0.3 is 0 Å². The highest BCUT2D eigenvalue weighted by Crippen LogP contribution is 2.22. The molecule has 2 fully saturated rings. The van der Waals surface area contributed by atoms with Crippen LogP contribution < -0.4 is 10.6 Å². The Morgan fingerprint density at radius 1 is 1.14 bits per heavy atom. The van der Waals surface area contributed by atoms with Crippen molar-refractivity contribution in [3.05, 3.63) is 42.5 Å². The summed E-state index contributed by atoms with van der Waals surface area (Å²) in [5.41, 5.74) is 1.68. The summed E-state index contributed by atoms with van der Waals surface area (Å²) in [4.78, 5) is 27.4. The highest BCUT2D eigenvalue weighted by Gasteiger charge is 2.25. The topological polar surface area (TPSA) is 92.3 Å². The van der Waals surface area contributed by atoms with Gasteiger partial charge in [-0.05, 0) is 31.0 Å². The van der Waals surface area contributed by atoms with E-state index >= 15 is 0 Å². The summed E-state index contributed by atoms with van der Waals surface area (Å²) >= 11 is 0. The number of ether oxygens (including phenoxy) is 1. The second kappa shape index (κ2) is 9.76. The number of carbonyl (C=O) groups is 1. The van der Waals surface area contributed by atoms with Gasteiger partial charge < -0.3 is 15.4 Å². The van der Waals surface area contributed by atoms with Gasteiger partial charge in [-0.1, -0.05) is 19.3 Å². The lowest BCUT2D eigenvalue weighted by atomic mass is 9.95. The Labute approximate surface area is 171 Å². The first-order valence-corrected chi connectivity index (χ1v) is 10.4.